The van der Waals surface area contributed by atoms with Gasteiger partial charge in [0.25, 0.3) is 0 Å². The van der Waals surface area contributed by atoms with E-state index in [1.165, 1.54) is 15.9 Å². The van der Waals surface area contributed by atoms with Crippen molar-refractivity contribution in [1.82, 2.24) is 15.1 Å². The Kier molecular flexibility index (Phi) is 10.9. The summed E-state index contributed by atoms with van der Waals surface area (Å²) in [6, 6.07) is 8.69. The van der Waals surface area contributed by atoms with E-state index in [9.17, 15) is 14.4 Å². The number of amides is 3. The molecule has 0 bridgehead atoms. The average Bonchev–Trinajstić information content (AvgIpc) is 2.71. The minimum atomic E-state index is -0.731. The zero-order valence-electron chi connectivity index (χ0n) is 19.0. The number of nitrogens with zero attached hydrogens (tertiary/aromatic N) is 2. The van der Waals surface area contributed by atoms with Crippen molar-refractivity contribution >= 4 is 17.7 Å². The van der Waals surface area contributed by atoms with Gasteiger partial charge < -0.3 is 26.0 Å². The third kappa shape index (κ3) is 10.2. The number of benzene rings is 1. The van der Waals surface area contributed by atoms with Crippen LogP contribution < -0.4 is 11.1 Å². The lowest BCUT2D eigenvalue weighted by Crippen LogP contribution is -2.51. The molecular weight excluding hydrogens is 396 g/mol. The topological polar surface area (TPSA) is 116 Å². The van der Waals surface area contributed by atoms with Crippen LogP contribution in [-0.4, -0.2) is 78.0 Å². The van der Waals surface area contributed by atoms with Crippen LogP contribution >= 0.6 is 0 Å². The van der Waals surface area contributed by atoms with E-state index in [4.69, 9.17) is 10.8 Å². The average molecular weight is 433 g/mol. The molecule has 172 valence electrons. The van der Waals surface area contributed by atoms with Gasteiger partial charge in [-0.15, -0.1) is 0 Å². The lowest BCUT2D eigenvalue weighted by molar-refractivity contribution is -0.141. The van der Waals surface area contributed by atoms with Gasteiger partial charge >= 0.3 is 0 Å². The van der Waals surface area contributed by atoms with Crippen LogP contribution in [0.2, 0.25) is 0 Å². The molecule has 1 aromatic carbocycles. The second kappa shape index (κ2) is 12.9. The second-order valence-corrected chi connectivity index (χ2v) is 8.37. The third-order valence-corrected chi connectivity index (χ3v) is 4.72. The monoisotopic (exact) mass is 432 g/mol. The Morgan fingerprint density at radius 2 is 1.84 bits per heavy atom. The molecule has 8 heteroatoms. The summed E-state index contributed by atoms with van der Waals surface area (Å²) in [6.07, 6.45) is 4.42. The van der Waals surface area contributed by atoms with Gasteiger partial charge in [-0.1, -0.05) is 36.4 Å². The van der Waals surface area contributed by atoms with E-state index in [0.29, 0.717) is 25.8 Å². The molecule has 3 amide bonds. The SMILES string of the molecule is CN(CC(=O)N(C)[C@H](Cc1ccccc1)C(=O)NCCCO)C(=O)/C=C/CC(C)(C)N. The van der Waals surface area contributed by atoms with Crippen LogP contribution in [0.3, 0.4) is 0 Å². The van der Waals surface area contributed by atoms with Crippen molar-refractivity contribution in [1.29, 1.82) is 0 Å². The number of likely N-dealkylation sites (N-methyl/N-ethyl adjacent to an activating group) is 2. The van der Waals surface area contributed by atoms with Crippen molar-refractivity contribution in [2.24, 2.45) is 5.73 Å². The number of nitrogens with two attached hydrogens (primary N) is 1. The number of rotatable bonds is 12. The van der Waals surface area contributed by atoms with E-state index in [2.05, 4.69) is 5.32 Å². The van der Waals surface area contributed by atoms with E-state index >= 15 is 0 Å². The number of carbonyl (C=O) groups is 3. The first kappa shape index (κ1) is 26.3. The number of hydrogen-bond donors (Lipinski definition) is 3. The molecule has 1 aromatic rings. The molecule has 4 N–H and O–H groups in total. The van der Waals surface area contributed by atoms with Crippen LogP contribution in [-0.2, 0) is 20.8 Å². The van der Waals surface area contributed by atoms with Gasteiger partial charge in [-0.25, -0.2) is 0 Å². The van der Waals surface area contributed by atoms with Crippen molar-refractivity contribution in [3.63, 3.8) is 0 Å². The zero-order valence-corrected chi connectivity index (χ0v) is 19.0. The zero-order chi connectivity index (χ0) is 23.4. The highest BCUT2D eigenvalue weighted by Gasteiger charge is 2.28. The van der Waals surface area contributed by atoms with Gasteiger partial charge in [-0.05, 0) is 38.3 Å². The van der Waals surface area contributed by atoms with Crippen molar-refractivity contribution < 1.29 is 19.5 Å². The highest BCUT2D eigenvalue weighted by Crippen LogP contribution is 2.10. The molecule has 31 heavy (non-hydrogen) atoms. The van der Waals surface area contributed by atoms with Gasteiger partial charge in [-0.3, -0.25) is 14.4 Å². The molecule has 0 aliphatic carbocycles. The first-order valence-corrected chi connectivity index (χ1v) is 10.4. The van der Waals surface area contributed by atoms with Crippen LogP contribution in [0.25, 0.3) is 0 Å². The first-order valence-electron chi connectivity index (χ1n) is 10.4. The molecule has 0 radical (unpaired) electrons. The largest absolute Gasteiger partial charge is 0.396 e. The molecule has 1 rings (SSSR count). The fourth-order valence-electron chi connectivity index (χ4n) is 2.81. The van der Waals surface area contributed by atoms with E-state index < -0.39 is 11.6 Å². The molecule has 0 heterocycles. The van der Waals surface area contributed by atoms with Crippen molar-refractivity contribution in [2.45, 2.75) is 44.7 Å². The fourth-order valence-corrected chi connectivity index (χ4v) is 2.81. The number of hydrogen-bond acceptors (Lipinski definition) is 5. The lowest BCUT2D eigenvalue weighted by Gasteiger charge is -2.29. The van der Waals surface area contributed by atoms with Crippen molar-refractivity contribution in [3.05, 3.63) is 48.0 Å². The van der Waals surface area contributed by atoms with E-state index in [0.717, 1.165) is 5.56 Å². The molecule has 0 spiro atoms. The maximum atomic E-state index is 12.8. The summed E-state index contributed by atoms with van der Waals surface area (Å²) in [5.74, 6) is -0.952. The maximum Gasteiger partial charge on any atom is 0.246 e. The van der Waals surface area contributed by atoms with Crippen molar-refractivity contribution in [3.8, 4) is 0 Å². The van der Waals surface area contributed by atoms with Gasteiger partial charge in [0.1, 0.15) is 6.04 Å². The first-order chi connectivity index (χ1) is 14.5. The number of nitrogens with one attached hydrogen (secondary N) is 1. The summed E-state index contributed by atoms with van der Waals surface area (Å²) in [5, 5.41) is 11.7. The Bertz CT molecular complexity index is 744. The normalized spacial score (nSPS) is 12.5. The molecule has 8 nitrogen and oxygen atoms in total. The maximum absolute atomic E-state index is 12.8. The summed E-state index contributed by atoms with van der Waals surface area (Å²) >= 11 is 0. The lowest BCUT2D eigenvalue weighted by atomic mass is 10.0. The summed E-state index contributed by atoms with van der Waals surface area (Å²) in [7, 11) is 3.10. The molecule has 0 fully saturated rings. The standard InChI is InChI=1S/C23H36N4O4/c1-23(2,24)13-8-12-20(29)26(3)17-21(30)27(4)19(22(31)25-14-9-15-28)16-18-10-6-5-7-11-18/h5-8,10-12,19,28H,9,13-17,24H2,1-4H3,(H,25,31)/b12-8+/t19-/m1/s1. The van der Waals surface area contributed by atoms with Crippen LogP contribution in [0.4, 0.5) is 0 Å². The Hall–Kier alpha value is -2.71. The summed E-state index contributed by atoms with van der Waals surface area (Å²) in [4.78, 5) is 40.5. The minimum Gasteiger partial charge on any atom is -0.396 e. The van der Waals surface area contributed by atoms with Crippen LogP contribution in [0.5, 0.6) is 0 Å². The molecular formula is C23H36N4O4. The molecule has 0 aromatic heterocycles. The van der Waals surface area contributed by atoms with E-state index in [1.54, 1.807) is 20.2 Å². The fraction of sp³-hybridized carbons (Fsp3) is 0.522. The molecule has 0 saturated carbocycles. The molecule has 0 saturated heterocycles. The van der Waals surface area contributed by atoms with Gasteiger partial charge in [0.05, 0.1) is 6.54 Å². The van der Waals surface area contributed by atoms with E-state index in [1.807, 2.05) is 44.2 Å². The molecule has 0 unspecified atom stereocenters. The quantitative estimate of drug-likeness (QED) is 0.332. The Balaban J connectivity index is 2.81. The summed E-state index contributed by atoms with van der Waals surface area (Å²) in [6.45, 7) is 3.87. The number of aliphatic hydroxyl groups excluding tert-OH is 1. The highest BCUT2D eigenvalue weighted by molar-refractivity contribution is 5.93. The van der Waals surface area contributed by atoms with Gasteiger partial charge in [-0.2, -0.15) is 0 Å². The number of aliphatic hydroxyl groups is 1. The van der Waals surface area contributed by atoms with Gasteiger partial charge in [0.15, 0.2) is 0 Å². The predicted octanol–water partition coefficient (Wildman–Crippen LogP) is 0.697. The van der Waals surface area contributed by atoms with Crippen molar-refractivity contribution in [2.75, 3.05) is 33.8 Å². The Labute approximate surface area is 185 Å². The molecule has 1 atom stereocenters. The van der Waals surface area contributed by atoms with E-state index in [-0.39, 0.29) is 30.9 Å². The number of carbonyl (C=O) groups excluding carboxylic acids is 3. The molecule has 0 aliphatic heterocycles. The van der Waals surface area contributed by atoms with Crippen LogP contribution in [0.15, 0.2) is 42.5 Å². The molecule has 0 aliphatic rings. The predicted molar refractivity (Wildman–Crippen MR) is 121 cm³/mol. The summed E-state index contributed by atoms with van der Waals surface area (Å²) < 4.78 is 0. The smallest absolute Gasteiger partial charge is 0.246 e. The van der Waals surface area contributed by atoms with Gasteiger partial charge in [0, 0.05) is 39.2 Å². The second-order valence-electron chi connectivity index (χ2n) is 8.37. The summed E-state index contributed by atoms with van der Waals surface area (Å²) in [5.41, 5.74) is 6.40. The minimum absolute atomic E-state index is 0.0276. The van der Waals surface area contributed by atoms with Crippen LogP contribution in [0, 0.1) is 0 Å². The highest BCUT2D eigenvalue weighted by atomic mass is 16.3. The van der Waals surface area contributed by atoms with Gasteiger partial charge in [0.2, 0.25) is 17.7 Å². The Morgan fingerprint density at radius 3 is 2.42 bits per heavy atom. The third-order valence-electron chi connectivity index (χ3n) is 4.72. The Morgan fingerprint density at radius 1 is 1.19 bits per heavy atom. The van der Waals surface area contributed by atoms with Crippen LogP contribution in [0.1, 0.15) is 32.3 Å².